The van der Waals surface area contributed by atoms with Gasteiger partial charge in [-0.25, -0.2) is 4.79 Å². The van der Waals surface area contributed by atoms with Crippen LogP contribution in [0.2, 0.25) is 0 Å². The molecule has 4 N–H and O–H groups in total. The number of aliphatic hydroxyl groups excluding tert-OH is 1. The Bertz CT molecular complexity index is 256. The summed E-state index contributed by atoms with van der Waals surface area (Å²) in [5, 5.41) is 22.9. The fourth-order valence-electron chi connectivity index (χ4n) is 1.58. The lowest BCUT2D eigenvalue weighted by Crippen LogP contribution is -2.41. The molecule has 1 saturated heterocycles. The Labute approximate surface area is 87.7 Å². The first-order valence-corrected chi connectivity index (χ1v) is 4.91. The van der Waals surface area contributed by atoms with Crippen LogP contribution in [-0.4, -0.2) is 47.8 Å². The number of nitrogens with one attached hydrogen (secondary N) is 2. The van der Waals surface area contributed by atoms with Crippen molar-refractivity contribution in [2.45, 2.75) is 13.0 Å². The summed E-state index contributed by atoms with van der Waals surface area (Å²) in [6, 6.07) is 0. The number of carbonyl (C=O) groups is 2. The van der Waals surface area contributed by atoms with Crippen molar-refractivity contribution in [3.63, 3.8) is 0 Å². The summed E-state index contributed by atoms with van der Waals surface area (Å²) >= 11 is 0. The van der Waals surface area contributed by atoms with Crippen LogP contribution < -0.4 is 10.6 Å². The van der Waals surface area contributed by atoms with Gasteiger partial charge in [0.05, 0.1) is 12.5 Å². The summed E-state index contributed by atoms with van der Waals surface area (Å²) in [5.41, 5.74) is 0. The maximum absolute atomic E-state index is 11.5. The van der Waals surface area contributed by atoms with Gasteiger partial charge >= 0.3 is 5.97 Å². The van der Waals surface area contributed by atoms with Crippen LogP contribution in [-0.2, 0) is 9.59 Å². The van der Waals surface area contributed by atoms with Crippen molar-refractivity contribution in [3.05, 3.63) is 0 Å². The highest BCUT2D eigenvalue weighted by Gasteiger charge is 2.29. The quantitative estimate of drug-likeness (QED) is 0.454. The number of carbonyl (C=O) groups excluding carboxylic acids is 1. The number of hydrogen-bond donors (Lipinski definition) is 4. The number of amides is 1. The van der Waals surface area contributed by atoms with Gasteiger partial charge in [-0.3, -0.25) is 4.79 Å². The van der Waals surface area contributed by atoms with Crippen LogP contribution in [0.5, 0.6) is 0 Å². The average Bonchev–Trinajstić information content (AvgIpc) is 2.60. The molecule has 0 saturated carbocycles. The molecule has 0 radical (unpaired) electrons. The molecule has 1 fully saturated rings. The molecular formula is C9H16N2O4. The first-order chi connectivity index (χ1) is 7.02. The van der Waals surface area contributed by atoms with Crippen molar-refractivity contribution in [1.29, 1.82) is 0 Å². The Morgan fingerprint density at radius 2 is 2.20 bits per heavy atom. The molecule has 1 aliphatic heterocycles. The van der Waals surface area contributed by atoms with E-state index in [0.717, 1.165) is 6.54 Å². The van der Waals surface area contributed by atoms with E-state index in [-0.39, 0.29) is 24.3 Å². The van der Waals surface area contributed by atoms with E-state index in [4.69, 9.17) is 10.2 Å². The van der Waals surface area contributed by atoms with E-state index in [1.54, 1.807) is 0 Å². The molecule has 1 heterocycles. The van der Waals surface area contributed by atoms with Crippen LogP contribution in [0.1, 0.15) is 6.92 Å². The average molecular weight is 216 g/mol. The molecule has 1 amide bonds. The minimum atomic E-state index is -1.53. The van der Waals surface area contributed by atoms with Gasteiger partial charge in [0.15, 0.2) is 6.10 Å². The fourth-order valence-corrected chi connectivity index (χ4v) is 1.58. The first kappa shape index (κ1) is 11.9. The van der Waals surface area contributed by atoms with Crippen LogP contribution >= 0.6 is 0 Å². The number of carboxylic acids is 1. The summed E-state index contributed by atoms with van der Waals surface area (Å²) in [7, 11) is 0. The van der Waals surface area contributed by atoms with Gasteiger partial charge < -0.3 is 20.8 Å². The Kier molecular flexibility index (Phi) is 4.05. The third kappa shape index (κ3) is 3.17. The highest BCUT2D eigenvalue weighted by molar-refractivity contribution is 5.80. The summed E-state index contributed by atoms with van der Waals surface area (Å²) in [6.07, 6.45) is -1.53. The van der Waals surface area contributed by atoms with Crippen molar-refractivity contribution in [2.24, 2.45) is 11.8 Å². The number of carboxylic acid groups (broad SMARTS) is 1. The van der Waals surface area contributed by atoms with E-state index in [2.05, 4.69) is 10.6 Å². The largest absolute Gasteiger partial charge is 0.479 e. The van der Waals surface area contributed by atoms with Crippen molar-refractivity contribution < 1.29 is 19.8 Å². The fraction of sp³-hybridized carbons (Fsp3) is 0.778. The van der Waals surface area contributed by atoms with E-state index < -0.39 is 12.1 Å². The van der Waals surface area contributed by atoms with Gasteiger partial charge in [-0.05, 0) is 12.5 Å². The van der Waals surface area contributed by atoms with Gasteiger partial charge in [-0.15, -0.1) is 0 Å². The zero-order chi connectivity index (χ0) is 11.4. The predicted molar refractivity (Wildman–Crippen MR) is 52.2 cm³/mol. The molecule has 0 aromatic carbocycles. The van der Waals surface area contributed by atoms with Gasteiger partial charge in [0.1, 0.15) is 0 Å². The monoisotopic (exact) mass is 216 g/mol. The zero-order valence-electron chi connectivity index (χ0n) is 8.56. The minimum Gasteiger partial charge on any atom is -0.479 e. The normalized spacial score (nSPS) is 27.3. The van der Waals surface area contributed by atoms with Gasteiger partial charge in [-0.2, -0.15) is 0 Å². The molecule has 1 unspecified atom stereocenters. The Balaban J connectivity index is 2.32. The molecule has 1 aliphatic rings. The topological polar surface area (TPSA) is 98.7 Å². The van der Waals surface area contributed by atoms with Crippen LogP contribution in [0.4, 0.5) is 0 Å². The Hall–Kier alpha value is -1.14. The number of rotatable bonds is 4. The number of hydrogen-bond acceptors (Lipinski definition) is 4. The van der Waals surface area contributed by atoms with Crippen molar-refractivity contribution in [3.8, 4) is 0 Å². The smallest absolute Gasteiger partial charge is 0.334 e. The molecule has 1 rings (SSSR count). The standard InChI is InChI=1S/C9H16N2O4/c1-5-2-10-3-6(5)8(13)11-4-7(12)9(14)15/h5-7,10,12H,2-4H2,1H3,(H,11,13)(H,14,15)/t5-,6-,7?/m1/s1. The number of aliphatic hydroxyl groups is 1. The lowest BCUT2D eigenvalue weighted by atomic mass is 9.97. The maximum Gasteiger partial charge on any atom is 0.334 e. The maximum atomic E-state index is 11.5. The van der Waals surface area contributed by atoms with Gasteiger partial charge in [-0.1, -0.05) is 6.92 Å². The molecule has 0 aromatic heterocycles. The third-order valence-corrected chi connectivity index (χ3v) is 2.61. The zero-order valence-corrected chi connectivity index (χ0v) is 8.56. The molecule has 0 bridgehead atoms. The molecule has 6 nitrogen and oxygen atoms in total. The predicted octanol–water partition coefficient (Wildman–Crippen LogP) is -1.60. The highest BCUT2D eigenvalue weighted by atomic mass is 16.4. The van der Waals surface area contributed by atoms with Crippen LogP contribution in [0.3, 0.4) is 0 Å². The molecule has 0 spiro atoms. The summed E-state index contributed by atoms with van der Waals surface area (Å²) < 4.78 is 0. The number of aliphatic carboxylic acids is 1. The molecule has 86 valence electrons. The molecule has 15 heavy (non-hydrogen) atoms. The van der Waals surface area contributed by atoms with Gasteiger partial charge in [0.2, 0.25) is 5.91 Å². The molecule has 0 aliphatic carbocycles. The first-order valence-electron chi connectivity index (χ1n) is 4.91. The van der Waals surface area contributed by atoms with Crippen LogP contribution in [0.15, 0.2) is 0 Å². The summed E-state index contributed by atoms with van der Waals surface area (Å²) in [6.45, 7) is 3.12. The second kappa shape index (κ2) is 5.09. The molecular weight excluding hydrogens is 200 g/mol. The van der Waals surface area contributed by atoms with Crippen molar-refractivity contribution in [2.75, 3.05) is 19.6 Å². The van der Waals surface area contributed by atoms with E-state index in [0.29, 0.717) is 6.54 Å². The Morgan fingerprint density at radius 3 is 2.67 bits per heavy atom. The SMILES string of the molecule is C[C@@H]1CNC[C@H]1C(=O)NCC(O)C(=O)O. The van der Waals surface area contributed by atoms with Gasteiger partial charge in [0, 0.05) is 6.54 Å². The second-order valence-corrected chi connectivity index (χ2v) is 3.84. The minimum absolute atomic E-state index is 0.133. The van der Waals surface area contributed by atoms with Crippen LogP contribution in [0, 0.1) is 11.8 Å². The van der Waals surface area contributed by atoms with Crippen molar-refractivity contribution >= 4 is 11.9 Å². The van der Waals surface area contributed by atoms with Crippen molar-refractivity contribution in [1.82, 2.24) is 10.6 Å². The molecule has 3 atom stereocenters. The van der Waals surface area contributed by atoms with E-state index in [1.165, 1.54) is 0 Å². The molecule has 0 aromatic rings. The van der Waals surface area contributed by atoms with Crippen LogP contribution in [0.25, 0.3) is 0 Å². The van der Waals surface area contributed by atoms with E-state index in [1.807, 2.05) is 6.92 Å². The second-order valence-electron chi connectivity index (χ2n) is 3.84. The van der Waals surface area contributed by atoms with E-state index in [9.17, 15) is 9.59 Å². The Morgan fingerprint density at radius 1 is 1.53 bits per heavy atom. The summed E-state index contributed by atoms with van der Waals surface area (Å²) in [5.74, 6) is -1.42. The lowest BCUT2D eigenvalue weighted by Gasteiger charge is -2.14. The van der Waals surface area contributed by atoms with E-state index >= 15 is 0 Å². The summed E-state index contributed by atoms with van der Waals surface area (Å²) in [4.78, 5) is 21.8. The highest BCUT2D eigenvalue weighted by Crippen LogP contribution is 2.15. The third-order valence-electron chi connectivity index (χ3n) is 2.61. The molecule has 6 heteroatoms. The van der Waals surface area contributed by atoms with Gasteiger partial charge in [0.25, 0.3) is 0 Å². The lowest BCUT2D eigenvalue weighted by molar-refractivity contribution is -0.146.